The number of hydrogen-bond donors (Lipinski definition) is 0. The molecular formula is C35H33N6+. The lowest BCUT2D eigenvalue weighted by atomic mass is 9.92. The van der Waals surface area contributed by atoms with Gasteiger partial charge in [-0.1, -0.05) is 65.8 Å². The Labute approximate surface area is 239 Å². The van der Waals surface area contributed by atoms with Crippen molar-refractivity contribution >= 4 is 54.7 Å². The number of fused-ring (bicyclic) bond motifs is 5. The van der Waals surface area contributed by atoms with Crippen molar-refractivity contribution in [3.05, 3.63) is 83.4 Å². The molecule has 0 bridgehead atoms. The normalized spacial score (nSPS) is 12.9. The first kappa shape index (κ1) is 25.3. The van der Waals surface area contributed by atoms with E-state index in [0.29, 0.717) is 11.5 Å². The van der Waals surface area contributed by atoms with E-state index in [0.717, 1.165) is 39.0 Å². The summed E-state index contributed by atoms with van der Waals surface area (Å²) in [7, 11) is 2.12. The molecule has 4 aromatic heterocycles. The van der Waals surface area contributed by atoms with Crippen LogP contribution in [0.1, 0.15) is 58.8 Å². The molecule has 7 aromatic rings. The van der Waals surface area contributed by atoms with Crippen LogP contribution >= 0.6 is 0 Å². The first-order chi connectivity index (χ1) is 19.4. The Morgan fingerprint density at radius 3 is 2.12 bits per heavy atom. The molecule has 0 N–H and O–H groups in total. The van der Waals surface area contributed by atoms with Crippen LogP contribution in [0.15, 0.2) is 54.7 Å². The van der Waals surface area contributed by atoms with Crippen LogP contribution in [0.3, 0.4) is 0 Å². The van der Waals surface area contributed by atoms with E-state index in [-0.39, 0.29) is 10.8 Å². The molecule has 0 aliphatic rings. The van der Waals surface area contributed by atoms with E-state index in [1.165, 1.54) is 32.8 Å². The summed E-state index contributed by atoms with van der Waals surface area (Å²) >= 11 is 0. The molecule has 4 heterocycles. The summed E-state index contributed by atoms with van der Waals surface area (Å²) < 4.78 is 4.59. The van der Waals surface area contributed by atoms with Gasteiger partial charge in [-0.3, -0.25) is 0 Å². The molecule has 6 heteroatoms. The van der Waals surface area contributed by atoms with Crippen molar-refractivity contribution in [3.63, 3.8) is 0 Å². The molecule has 0 unspecified atom stereocenters. The predicted octanol–water partition coefficient (Wildman–Crippen LogP) is 8.12. The Kier molecular flexibility index (Phi) is 5.07. The van der Waals surface area contributed by atoms with E-state index < -0.39 is 0 Å². The minimum atomic E-state index is -0.223. The third-order valence-electron chi connectivity index (χ3n) is 8.18. The maximum atomic E-state index is 7.71. The summed E-state index contributed by atoms with van der Waals surface area (Å²) in [4.78, 5) is 18.7. The van der Waals surface area contributed by atoms with Crippen LogP contribution in [0.25, 0.3) is 65.2 Å². The van der Waals surface area contributed by atoms with E-state index in [1.807, 2.05) is 12.1 Å². The van der Waals surface area contributed by atoms with Crippen molar-refractivity contribution in [2.45, 2.75) is 59.3 Å². The van der Waals surface area contributed by atoms with Gasteiger partial charge in [-0.05, 0) is 36.1 Å². The van der Waals surface area contributed by atoms with Crippen molar-refractivity contribution in [2.24, 2.45) is 7.05 Å². The van der Waals surface area contributed by atoms with Gasteiger partial charge in [-0.2, -0.15) is 0 Å². The number of aromatic nitrogens is 5. The standard InChI is InChI=1S/C35H33N6/c1-19-10-12-24-23-13-11-22(36-8)18-25(23)41-26-17-21(16-20-14-15-40(9)30(28(20)26)27(19)29(24)41)31-37-32(34(2,3)4)39-33(38-31)35(5,6)7/h10-18H,1-7,9H3/q+1. The molecule has 41 heavy (non-hydrogen) atoms. The van der Waals surface area contributed by atoms with Crippen molar-refractivity contribution in [2.75, 3.05) is 0 Å². The van der Waals surface area contributed by atoms with Gasteiger partial charge in [0.2, 0.25) is 5.52 Å². The number of benzene rings is 3. The second kappa shape index (κ2) is 8.20. The maximum absolute atomic E-state index is 7.71. The zero-order valence-electron chi connectivity index (χ0n) is 24.9. The van der Waals surface area contributed by atoms with Gasteiger partial charge >= 0.3 is 0 Å². The monoisotopic (exact) mass is 537 g/mol. The Morgan fingerprint density at radius 1 is 0.780 bits per heavy atom. The number of hydrogen-bond acceptors (Lipinski definition) is 3. The summed E-state index contributed by atoms with van der Waals surface area (Å²) in [5.74, 6) is 2.27. The number of rotatable bonds is 1. The molecule has 0 atom stereocenters. The van der Waals surface area contributed by atoms with E-state index in [2.05, 4.69) is 112 Å². The summed E-state index contributed by atoms with van der Waals surface area (Å²) in [6, 6.07) is 17.1. The van der Waals surface area contributed by atoms with Gasteiger partial charge in [-0.15, -0.1) is 0 Å². The highest BCUT2D eigenvalue weighted by Crippen LogP contribution is 2.42. The quantitative estimate of drug-likeness (QED) is 0.0920. The third-order valence-corrected chi connectivity index (χ3v) is 8.18. The molecule has 7 rings (SSSR count). The van der Waals surface area contributed by atoms with E-state index in [4.69, 9.17) is 21.5 Å². The highest BCUT2D eigenvalue weighted by atomic mass is 15.1. The Morgan fingerprint density at radius 2 is 1.46 bits per heavy atom. The molecule has 6 nitrogen and oxygen atoms in total. The SMILES string of the molecule is [C-]#[N+]c1ccc2c3ccc(C)c4c3n(c2c1)c1cc(-c2nc(C(C)(C)C)nc(C(C)(C)C)n2)cc2cc[n+](C)c4c21. The minimum absolute atomic E-state index is 0.223. The van der Waals surface area contributed by atoms with Crippen molar-refractivity contribution in [1.82, 2.24) is 19.4 Å². The summed E-state index contributed by atoms with van der Waals surface area (Å²) in [6.07, 6.45) is 2.15. The summed E-state index contributed by atoms with van der Waals surface area (Å²) in [6.45, 7) is 22.8. The van der Waals surface area contributed by atoms with Crippen LogP contribution in [-0.2, 0) is 17.9 Å². The Bertz CT molecular complexity index is 2220. The molecule has 0 aliphatic carbocycles. The highest BCUT2D eigenvalue weighted by Gasteiger charge is 2.28. The molecule has 0 amide bonds. The van der Waals surface area contributed by atoms with Gasteiger partial charge in [0, 0.05) is 38.7 Å². The van der Waals surface area contributed by atoms with Crippen LogP contribution in [0.5, 0.6) is 0 Å². The number of nitrogens with zero attached hydrogens (tertiary/aromatic N) is 6. The van der Waals surface area contributed by atoms with E-state index in [1.54, 1.807) is 0 Å². The fraction of sp³-hybridized carbons (Fsp3) is 0.286. The van der Waals surface area contributed by atoms with Crippen molar-refractivity contribution < 1.29 is 4.57 Å². The molecule has 202 valence electrons. The van der Waals surface area contributed by atoms with Gasteiger partial charge in [-0.25, -0.2) is 24.4 Å². The highest BCUT2D eigenvalue weighted by molar-refractivity contribution is 6.26. The van der Waals surface area contributed by atoms with Crippen LogP contribution in [0, 0.1) is 13.5 Å². The van der Waals surface area contributed by atoms with Gasteiger partial charge in [0.15, 0.2) is 17.7 Å². The third kappa shape index (κ3) is 3.62. The van der Waals surface area contributed by atoms with E-state index in [9.17, 15) is 0 Å². The van der Waals surface area contributed by atoms with E-state index >= 15 is 0 Å². The zero-order chi connectivity index (χ0) is 29.0. The lowest BCUT2D eigenvalue weighted by molar-refractivity contribution is -0.643. The molecule has 0 fully saturated rings. The Balaban J connectivity index is 1.71. The molecular weight excluding hydrogens is 504 g/mol. The smallest absolute Gasteiger partial charge is 0.224 e. The summed E-state index contributed by atoms with van der Waals surface area (Å²) in [5, 5.41) is 5.89. The number of pyridine rings is 2. The molecule has 0 radical (unpaired) electrons. The molecule has 0 saturated heterocycles. The number of aryl methyl sites for hydroxylation is 2. The van der Waals surface area contributed by atoms with Crippen molar-refractivity contribution in [1.29, 1.82) is 0 Å². The van der Waals surface area contributed by atoms with Crippen LogP contribution < -0.4 is 4.57 Å². The average Bonchev–Trinajstić information content (AvgIpc) is 3.26. The van der Waals surface area contributed by atoms with Gasteiger partial charge in [0.1, 0.15) is 18.7 Å². The largest absolute Gasteiger partial charge is 0.309 e. The fourth-order valence-corrected chi connectivity index (χ4v) is 6.08. The lowest BCUT2D eigenvalue weighted by Crippen LogP contribution is -2.29. The predicted molar refractivity (Wildman–Crippen MR) is 167 cm³/mol. The van der Waals surface area contributed by atoms with Crippen LogP contribution in [0.2, 0.25) is 0 Å². The minimum Gasteiger partial charge on any atom is -0.309 e. The second-order valence-electron chi connectivity index (χ2n) is 13.3. The van der Waals surface area contributed by atoms with Crippen LogP contribution in [0.4, 0.5) is 5.69 Å². The first-order valence-corrected chi connectivity index (χ1v) is 14.1. The molecule has 0 spiro atoms. The second-order valence-corrected chi connectivity index (χ2v) is 13.3. The fourth-order valence-electron chi connectivity index (χ4n) is 6.08. The Hall–Kier alpha value is -4.63. The van der Waals surface area contributed by atoms with Gasteiger partial charge < -0.3 is 4.40 Å². The lowest BCUT2D eigenvalue weighted by Gasteiger charge is -2.23. The van der Waals surface area contributed by atoms with Crippen molar-refractivity contribution in [3.8, 4) is 11.4 Å². The van der Waals surface area contributed by atoms with Gasteiger partial charge in [0.25, 0.3) is 0 Å². The topological polar surface area (TPSA) is 51.3 Å². The average molecular weight is 538 g/mol. The maximum Gasteiger partial charge on any atom is 0.224 e. The molecule has 0 aliphatic heterocycles. The molecule has 3 aromatic carbocycles. The summed E-state index contributed by atoms with van der Waals surface area (Å²) in [5.41, 5.74) is 6.87. The molecule has 0 saturated carbocycles. The van der Waals surface area contributed by atoms with Crippen LogP contribution in [-0.4, -0.2) is 19.4 Å². The zero-order valence-corrected chi connectivity index (χ0v) is 24.9. The van der Waals surface area contributed by atoms with Gasteiger partial charge in [0.05, 0.1) is 28.4 Å². The first-order valence-electron chi connectivity index (χ1n) is 14.1.